The number of halogens is 1. The molecule has 2 rings (SSSR count). The van der Waals surface area contributed by atoms with Crippen molar-refractivity contribution in [1.29, 1.82) is 0 Å². The molecule has 0 saturated carbocycles. The molecule has 5 heteroatoms. The average molecular weight is 296 g/mol. The van der Waals surface area contributed by atoms with E-state index in [1.165, 1.54) is 5.56 Å². The Hall–Kier alpha value is -1.07. The third kappa shape index (κ3) is 2.96. The second-order valence-corrected chi connectivity index (χ2v) is 5.04. The van der Waals surface area contributed by atoms with E-state index in [0.29, 0.717) is 0 Å². The lowest BCUT2D eigenvalue weighted by Gasteiger charge is -2.03. The Kier molecular flexibility index (Phi) is 3.79. The van der Waals surface area contributed by atoms with E-state index in [4.69, 9.17) is 5.73 Å². The number of hydrogen-bond acceptors (Lipinski definition) is 4. The number of nitrogens with zero attached hydrogens (tertiary/aromatic N) is 2. The molecular weight excluding hydrogens is 286 g/mol. The quantitative estimate of drug-likeness (QED) is 0.537. The molecule has 0 saturated heterocycles. The van der Waals surface area contributed by atoms with Gasteiger partial charge in [-0.15, -0.1) is 11.8 Å². The molecule has 0 unspecified atom stereocenters. The lowest BCUT2D eigenvalue weighted by atomic mass is 10.2. The number of nitrogen functional groups attached to an aromatic ring is 1. The fourth-order valence-corrected chi connectivity index (χ4v) is 2.22. The Morgan fingerprint density at radius 1 is 1.31 bits per heavy atom. The first kappa shape index (κ1) is 11.4. The third-order valence-corrected chi connectivity index (χ3v) is 3.74. The number of rotatable bonds is 3. The van der Waals surface area contributed by atoms with Crippen molar-refractivity contribution in [2.24, 2.45) is 0 Å². The molecule has 82 valence electrons. The van der Waals surface area contributed by atoms with Crippen LogP contribution in [-0.4, -0.2) is 9.97 Å². The van der Waals surface area contributed by atoms with Crippen LogP contribution in [0, 0.1) is 0 Å². The van der Waals surface area contributed by atoms with Gasteiger partial charge in [0.05, 0.1) is 5.03 Å². The first-order chi connectivity index (χ1) is 7.75. The van der Waals surface area contributed by atoms with Crippen LogP contribution in [0.4, 0.5) is 5.69 Å². The van der Waals surface area contributed by atoms with Gasteiger partial charge >= 0.3 is 0 Å². The molecule has 0 atom stereocenters. The van der Waals surface area contributed by atoms with Crippen molar-refractivity contribution < 1.29 is 0 Å². The molecule has 2 aromatic rings. The van der Waals surface area contributed by atoms with Gasteiger partial charge in [0, 0.05) is 22.1 Å². The van der Waals surface area contributed by atoms with Crippen LogP contribution in [0.5, 0.6) is 0 Å². The Bertz CT molecular complexity index is 476. The van der Waals surface area contributed by atoms with Gasteiger partial charge in [-0.05, 0) is 39.7 Å². The van der Waals surface area contributed by atoms with Crippen molar-refractivity contribution in [1.82, 2.24) is 9.97 Å². The summed E-state index contributed by atoms with van der Waals surface area (Å²) in [7, 11) is 0. The van der Waals surface area contributed by atoms with Crippen molar-refractivity contribution in [3.63, 3.8) is 0 Å². The van der Waals surface area contributed by atoms with Gasteiger partial charge in [0.1, 0.15) is 6.33 Å². The van der Waals surface area contributed by atoms with Crippen molar-refractivity contribution in [2.75, 3.05) is 5.73 Å². The highest BCUT2D eigenvalue weighted by molar-refractivity contribution is 9.10. The second kappa shape index (κ2) is 5.32. The first-order valence-corrected chi connectivity index (χ1v) is 6.46. The number of thioether (sulfide) groups is 1. The van der Waals surface area contributed by atoms with Gasteiger partial charge < -0.3 is 5.73 Å². The maximum Gasteiger partial charge on any atom is 0.116 e. The van der Waals surface area contributed by atoms with Crippen LogP contribution in [0.2, 0.25) is 0 Å². The van der Waals surface area contributed by atoms with Crippen LogP contribution in [-0.2, 0) is 5.75 Å². The van der Waals surface area contributed by atoms with E-state index in [1.807, 2.05) is 18.2 Å². The zero-order chi connectivity index (χ0) is 11.4. The Morgan fingerprint density at radius 3 is 2.88 bits per heavy atom. The minimum atomic E-state index is 0.765. The number of benzene rings is 1. The minimum Gasteiger partial charge on any atom is -0.398 e. The van der Waals surface area contributed by atoms with Crippen molar-refractivity contribution in [3.05, 3.63) is 46.8 Å². The summed E-state index contributed by atoms with van der Waals surface area (Å²) in [5, 5.41) is 0.969. The number of aromatic nitrogens is 2. The summed E-state index contributed by atoms with van der Waals surface area (Å²) < 4.78 is 0.934. The third-order valence-electron chi connectivity index (χ3n) is 2.00. The highest BCUT2D eigenvalue weighted by Crippen LogP contribution is 2.25. The van der Waals surface area contributed by atoms with Crippen LogP contribution >= 0.6 is 27.7 Å². The SMILES string of the molecule is Nc1cc(CSc2ccncn2)ccc1Br. The summed E-state index contributed by atoms with van der Waals surface area (Å²) in [5.41, 5.74) is 7.76. The van der Waals surface area contributed by atoms with E-state index in [2.05, 4.69) is 32.0 Å². The molecule has 0 spiro atoms. The summed E-state index contributed by atoms with van der Waals surface area (Å²) in [6.45, 7) is 0. The van der Waals surface area contributed by atoms with Gasteiger partial charge in [-0.2, -0.15) is 0 Å². The fourth-order valence-electron chi connectivity index (χ4n) is 1.20. The Labute approximate surface area is 107 Å². The van der Waals surface area contributed by atoms with Gasteiger partial charge in [0.2, 0.25) is 0 Å². The Balaban J connectivity index is 2.03. The average Bonchev–Trinajstić information content (AvgIpc) is 2.32. The number of hydrogen-bond donors (Lipinski definition) is 1. The topological polar surface area (TPSA) is 51.8 Å². The zero-order valence-electron chi connectivity index (χ0n) is 8.43. The van der Waals surface area contributed by atoms with Gasteiger partial charge in [-0.3, -0.25) is 0 Å². The summed E-state index contributed by atoms with van der Waals surface area (Å²) in [5.74, 6) is 0.856. The molecule has 0 bridgehead atoms. The second-order valence-electron chi connectivity index (χ2n) is 3.19. The van der Waals surface area contributed by atoms with E-state index in [1.54, 1.807) is 24.3 Å². The normalized spacial score (nSPS) is 10.3. The van der Waals surface area contributed by atoms with Crippen LogP contribution in [0.3, 0.4) is 0 Å². The smallest absolute Gasteiger partial charge is 0.116 e. The molecule has 3 nitrogen and oxygen atoms in total. The predicted molar refractivity (Wildman–Crippen MR) is 70.1 cm³/mol. The lowest BCUT2D eigenvalue weighted by molar-refractivity contribution is 1.05. The molecule has 0 fully saturated rings. The highest BCUT2D eigenvalue weighted by Gasteiger charge is 2.00. The summed E-state index contributed by atoms with van der Waals surface area (Å²) in [4.78, 5) is 8.02. The van der Waals surface area contributed by atoms with E-state index < -0.39 is 0 Å². The maximum atomic E-state index is 5.81. The molecule has 0 aliphatic heterocycles. The van der Waals surface area contributed by atoms with Crippen molar-refractivity contribution >= 4 is 33.4 Å². The number of nitrogens with two attached hydrogens (primary N) is 1. The standard InChI is InChI=1S/C11H10BrN3S/c12-9-2-1-8(5-10(9)13)6-16-11-3-4-14-7-15-11/h1-5,7H,6,13H2. The van der Waals surface area contributed by atoms with Gasteiger partial charge in [-0.1, -0.05) is 6.07 Å². The van der Waals surface area contributed by atoms with E-state index >= 15 is 0 Å². The van der Waals surface area contributed by atoms with Crippen LogP contribution in [0.1, 0.15) is 5.56 Å². The molecule has 0 aliphatic carbocycles. The van der Waals surface area contributed by atoms with Gasteiger partial charge in [0.25, 0.3) is 0 Å². The Morgan fingerprint density at radius 2 is 2.19 bits per heavy atom. The van der Waals surface area contributed by atoms with Crippen LogP contribution in [0.15, 0.2) is 46.3 Å². The maximum absolute atomic E-state index is 5.81. The molecule has 16 heavy (non-hydrogen) atoms. The molecule has 1 aromatic carbocycles. The molecule has 0 radical (unpaired) electrons. The predicted octanol–water partition coefficient (Wildman–Crippen LogP) is 3.11. The summed E-state index contributed by atoms with van der Waals surface area (Å²) in [6.07, 6.45) is 3.30. The molecule has 1 heterocycles. The summed E-state index contributed by atoms with van der Waals surface area (Å²) >= 11 is 5.04. The monoisotopic (exact) mass is 295 g/mol. The van der Waals surface area contributed by atoms with Crippen molar-refractivity contribution in [2.45, 2.75) is 10.8 Å². The van der Waals surface area contributed by atoms with Gasteiger partial charge in [-0.25, -0.2) is 9.97 Å². The zero-order valence-corrected chi connectivity index (χ0v) is 10.8. The van der Waals surface area contributed by atoms with E-state index in [9.17, 15) is 0 Å². The molecule has 0 aliphatic rings. The summed E-state index contributed by atoms with van der Waals surface area (Å²) in [6, 6.07) is 7.88. The van der Waals surface area contributed by atoms with E-state index in [-0.39, 0.29) is 0 Å². The van der Waals surface area contributed by atoms with Crippen LogP contribution < -0.4 is 5.73 Å². The van der Waals surface area contributed by atoms with Crippen LogP contribution in [0.25, 0.3) is 0 Å². The van der Waals surface area contributed by atoms with Crippen molar-refractivity contribution in [3.8, 4) is 0 Å². The first-order valence-electron chi connectivity index (χ1n) is 4.68. The van der Waals surface area contributed by atoms with Gasteiger partial charge in [0.15, 0.2) is 0 Å². The number of anilines is 1. The highest BCUT2D eigenvalue weighted by atomic mass is 79.9. The molecule has 0 amide bonds. The fraction of sp³-hybridized carbons (Fsp3) is 0.0909. The molecular formula is C11H10BrN3S. The van der Waals surface area contributed by atoms with E-state index in [0.717, 1.165) is 20.9 Å². The molecule has 1 aromatic heterocycles. The lowest BCUT2D eigenvalue weighted by Crippen LogP contribution is -1.89. The minimum absolute atomic E-state index is 0.765. The largest absolute Gasteiger partial charge is 0.398 e. The molecule has 2 N–H and O–H groups in total.